The van der Waals surface area contributed by atoms with Crippen LogP contribution in [0.3, 0.4) is 0 Å². The smallest absolute Gasteiger partial charge is 0.267 e. The fourth-order valence-corrected chi connectivity index (χ4v) is 3.57. The standard InChI is InChI=1S/C25H31N3O5/c1-17-25(30)28(14-6-13-27(2)3)20-16-19(9-11-21(20)33-17)26-24(29)12-8-18-7-10-22(31-4)23(15-18)32-5/h7-12,15-17H,6,13-14H2,1-5H3,(H,26,29)/b12-8+. The van der Waals surface area contributed by atoms with Crippen LogP contribution in [0.15, 0.2) is 42.5 Å². The Kier molecular flexibility index (Phi) is 7.95. The van der Waals surface area contributed by atoms with Crippen LogP contribution < -0.4 is 24.4 Å². The molecule has 0 bridgehead atoms. The Labute approximate surface area is 194 Å². The summed E-state index contributed by atoms with van der Waals surface area (Å²) in [5.41, 5.74) is 2.05. The van der Waals surface area contributed by atoms with Crippen LogP contribution in [-0.4, -0.2) is 64.2 Å². The molecular weight excluding hydrogens is 422 g/mol. The summed E-state index contributed by atoms with van der Waals surface area (Å²) in [7, 11) is 7.14. The fourth-order valence-electron chi connectivity index (χ4n) is 3.57. The van der Waals surface area contributed by atoms with Gasteiger partial charge in [0, 0.05) is 18.3 Å². The van der Waals surface area contributed by atoms with Gasteiger partial charge in [0.1, 0.15) is 5.75 Å². The topological polar surface area (TPSA) is 80.3 Å². The van der Waals surface area contributed by atoms with E-state index in [0.29, 0.717) is 35.2 Å². The molecule has 0 saturated carbocycles. The van der Waals surface area contributed by atoms with Gasteiger partial charge in [0.05, 0.1) is 19.9 Å². The van der Waals surface area contributed by atoms with Gasteiger partial charge in [-0.2, -0.15) is 0 Å². The van der Waals surface area contributed by atoms with Crippen LogP contribution in [0.25, 0.3) is 6.08 Å². The molecule has 0 radical (unpaired) electrons. The Morgan fingerprint density at radius 2 is 1.91 bits per heavy atom. The number of hydrogen-bond acceptors (Lipinski definition) is 6. The van der Waals surface area contributed by atoms with Crippen LogP contribution in [0, 0.1) is 0 Å². The molecule has 1 heterocycles. The average molecular weight is 454 g/mol. The summed E-state index contributed by atoms with van der Waals surface area (Å²) in [4.78, 5) is 29.0. The molecular formula is C25H31N3O5. The van der Waals surface area contributed by atoms with E-state index in [1.54, 1.807) is 62.5 Å². The summed E-state index contributed by atoms with van der Waals surface area (Å²) in [6, 6.07) is 10.7. The number of fused-ring (bicyclic) bond motifs is 1. The third-order valence-corrected chi connectivity index (χ3v) is 5.26. The third kappa shape index (κ3) is 6.04. The maximum Gasteiger partial charge on any atom is 0.267 e. The van der Waals surface area contributed by atoms with Crippen molar-refractivity contribution >= 4 is 29.3 Å². The Bertz CT molecular complexity index is 1030. The van der Waals surface area contributed by atoms with Crippen molar-refractivity contribution in [2.24, 2.45) is 0 Å². The number of carbonyl (C=O) groups is 2. The lowest BCUT2D eigenvalue weighted by Crippen LogP contribution is -2.45. The van der Waals surface area contributed by atoms with E-state index in [1.165, 1.54) is 6.08 Å². The first-order valence-electron chi connectivity index (χ1n) is 10.8. The first kappa shape index (κ1) is 24.1. The Morgan fingerprint density at radius 3 is 2.61 bits per heavy atom. The van der Waals surface area contributed by atoms with E-state index < -0.39 is 6.10 Å². The molecule has 1 atom stereocenters. The minimum Gasteiger partial charge on any atom is -0.493 e. The third-order valence-electron chi connectivity index (χ3n) is 5.26. The van der Waals surface area contributed by atoms with Crippen molar-refractivity contribution in [3.63, 3.8) is 0 Å². The molecule has 8 nitrogen and oxygen atoms in total. The van der Waals surface area contributed by atoms with E-state index in [9.17, 15) is 9.59 Å². The number of carbonyl (C=O) groups excluding carboxylic acids is 2. The molecule has 2 amide bonds. The highest BCUT2D eigenvalue weighted by Gasteiger charge is 2.31. The van der Waals surface area contributed by atoms with Gasteiger partial charge in [-0.25, -0.2) is 0 Å². The molecule has 0 aromatic heterocycles. The molecule has 0 fully saturated rings. The SMILES string of the molecule is COc1ccc(/C=C/C(=O)Nc2ccc3c(c2)N(CCCN(C)C)C(=O)C(C)O3)cc1OC. The summed E-state index contributed by atoms with van der Waals surface area (Å²) < 4.78 is 16.3. The van der Waals surface area contributed by atoms with Crippen LogP contribution in [0.5, 0.6) is 17.2 Å². The molecule has 33 heavy (non-hydrogen) atoms. The number of anilines is 2. The van der Waals surface area contributed by atoms with Crippen LogP contribution >= 0.6 is 0 Å². The number of amides is 2. The highest BCUT2D eigenvalue weighted by molar-refractivity contribution is 6.04. The lowest BCUT2D eigenvalue weighted by Gasteiger charge is -2.33. The lowest BCUT2D eigenvalue weighted by atomic mass is 10.1. The molecule has 1 unspecified atom stereocenters. The molecule has 3 rings (SSSR count). The summed E-state index contributed by atoms with van der Waals surface area (Å²) in [6.07, 6.45) is 3.42. The van der Waals surface area contributed by atoms with Crippen LogP contribution in [0.2, 0.25) is 0 Å². The van der Waals surface area contributed by atoms with Gasteiger partial charge in [-0.15, -0.1) is 0 Å². The minimum absolute atomic E-state index is 0.0851. The predicted molar refractivity (Wildman–Crippen MR) is 129 cm³/mol. The number of rotatable bonds is 9. The lowest BCUT2D eigenvalue weighted by molar-refractivity contribution is -0.125. The zero-order chi connectivity index (χ0) is 24.0. The quantitative estimate of drug-likeness (QED) is 0.586. The average Bonchev–Trinajstić information content (AvgIpc) is 2.80. The van der Waals surface area contributed by atoms with E-state index >= 15 is 0 Å². The number of benzene rings is 2. The van der Waals surface area contributed by atoms with E-state index in [-0.39, 0.29) is 11.8 Å². The van der Waals surface area contributed by atoms with Crippen molar-refractivity contribution in [2.75, 3.05) is 51.6 Å². The van der Waals surface area contributed by atoms with Crippen LogP contribution in [0.4, 0.5) is 11.4 Å². The predicted octanol–water partition coefficient (Wildman–Crippen LogP) is 3.42. The van der Waals surface area contributed by atoms with Crippen molar-refractivity contribution < 1.29 is 23.8 Å². The first-order chi connectivity index (χ1) is 15.8. The molecule has 0 spiro atoms. The number of methoxy groups -OCH3 is 2. The van der Waals surface area contributed by atoms with Gasteiger partial charge in [0.15, 0.2) is 17.6 Å². The summed E-state index contributed by atoms with van der Waals surface area (Å²) in [5.74, 6) is 1.46. The second kappa shape index (κ2) is 10.9. The van der Waals surface area contributed by atoms with Crippen molar-refractivity contribution in [3.05, 3.63) is 48.0 Å². The molecule has 2 aromatic carbocycles. The van der Waals surface area contributed by atoms with Gasteiger partial charge in [-0.05, 0) is 76.0 Å². The van der Waals surface area contributed by atoms with Gasteiger partial charge < -0.3 is 29.3 Å². The molecule has 1 N–H and O–H groups in total. The Hall–Kier alpha value is -3.52. The van der Waals surface area contributed by atoms with Gasteiger partial charge in [0.25, 0.3) is 5.91 Å². The molecule has 2 aromatic rings. The van der Waals surface area contributed by atoms with Crippen molar-refractivity contribution in [3.8, 4) is 17.2 Å². The molecule has 0 saturated heterocycles. The normalized spacial score (nSPS) is 15.4. The van der Waals surface area contributed by atoms with Gasteiger partial charge >= 0.3 is 0 Å². The monoisotopic (exact) mass is 453 g/mol. The number of ether oxygens (including phenoxy) is 3. The molecule has 176 valence electrons. The molecule has 1 aliphatic rings. The van der Waals surface area contributed by atoms with Gasteiger partial charge in [0.2, 0.25) is 5.91 Å². The summed E-state index contributed by atoms with van der Waals surface area (Å²) in [5, 5.41) is 2.85. The zero-order valence-electron chi connectivity index (χ0n) is 19.8. The molecule has 8 heteroatoms. The zero-order valence-corrected chi connectivity index (χ0v) is 19.8. The second-order valence-corrected chi connectivity index (χ2v) is 8.03. The Morgan fingerprint density at radius 1 is 1.15 bits per heavy atom. The summed E-state index contributed by atoms with van der Waals surface area (Å²) in [6.45, 7) is 3.19. The van der Waals surface area contributed by atoms with Crippen molar-refractivity contribution in [1.82, 2.24) is 4.90 Å². The van der Waals surface area contributed by atoms with E-state index in [1.807, 2.05) is 20.2 Å². The minimum atomic E-state index is -0.540. The fraction of sp³-hybridized carbons (Fsp3) is 0.360. The van der Waals surface area contributed by atoms with Crippen molar-refractivity contribution in [2.45, 2.75) is 19.4 Å². The molecule has 0 aliphatic carbocycles. The maximum absolute atomic E-state index is 12.7. The summed E-state index contributed by atoms with van der Waals surface area (Å²) >= 11 is 0. The van der Waals surface area contributed by atoms with E-state index in [4.69, 9.17) is 14.2 Å². The largest absolute Gasteiger partial charge is 0.493 e. The maximum atomic E-state index is 12.7. The van der Waals surface area contributed by atoms with E-state index in [2.05, 4.69) is 10.2 Å². The van der Waals surface area contributed by atoms with Gasteiger partial charge in [-0.1, -0.05) is 6.07 Å². The second-order valence-electron chi connectivity index (χ2n) is 8.03. The van der Waals surface area contributed by atoms with Crippen LogP contribution in [-0.2, 0) is 9.59 Å². The number of hydrogen-bond donors (Lipinski definition) is 1. The van der Waals surface area contributed by atoms with Crippen molar-refractivity contribution in [1.29, 1.82) is 0 Å². The van der Waals surface area contributed by atoms with Crippen LogP contribution in [0.1, 0.15) is 18.9 Å². The highest BCUT2D eigenvalue weighted by Crippen LogP contribution is 2.36. The highest BCUT2D eigenvalue weighted by atomic mass is 16.5. The number of nitrogens with one attached hydrogen (secondary N) is 1. The molecule has 1 aliphatic heterocycles. The first-order valence-corrected chi connectivity index (χ1v) is 10.8. The van der Waals surface area contributed by atoms with E-state index in [0.717, 1.165) is 18.5 Å². The van der Waals surface area contributed by atoms with Gasteiger partial charge in [-0.3, -0.25) is 9.59 Å². The Balaban J connectivity index is 1.73. The number of nitrogens with zero attached hydrogens (tertiary/aromatic N) is 2.